The first-order valence-corrected chi connectivity index (χ1v) is 11.5. The summed E-state index contributed by atoms with van der Waals surface area (Å²) >= 11 is 7.67. The van der Waals surface area contributed by atoms with Crippen molar-refractivity contribution in [3.05, 3.63) is 46.5 Å². The van der Waals surface area contributed by atoms with Crippen LogP contribution in [0.4, 0.5) is 5.13 Å². The standard InChI is InChI=1S/C24H28ClN3O4S/c1-15-11-17(25)14-20-22(15)26-24(33-20)28(10-9-27(2)3)21(29)8-7-16-12-18(30-4)23(32-6)19(13-16)31-5/h7-8,11-14H,9-10H2,1-6H3/b8-7+. The number of hydrogen-bond donors (Lipinski definition) is 0. The lowest BCUT2D eigenvalue weighted by Gasteiger charge is -2.20. The lowest BCUT2D eigenvalue weighted by atomic mass is 10.1. The van der Waals surface area contributed by atoms with E-state index in [1.807, 2.05) is 38.1 Å². The summed E-state index contributed by atoms with van der Waals surface area (Å²) in [5.41, 5.74) is 2.58. The first-order chi connectivity index (χ1) is 15.8. The van der Waals surface area contributed by atoms with Crippen molar-refractivity contribution in [1.82, 2.24) is 9.88 Å². The number of nitrogens with zero attached hydrogens (tertiary/aromatic N) is 3. The van der Waals surface area contributed by atoms with E-state index in [4.69, 9.17) is 30.8 Å². The Labute approximate surface area is 203 Å². The molecule has 0 spiro atoms. The van der Waals surface area contributed by atoms with Gasteiger partial charge in [0.05, 0.1) is 31.5 Å². The van der Waals surface area contributed by atoms with Crippen molar-refractivity contribution >= 4 is 50.3 Å². The molecule has 176 valence electrons. The van der Waals surface area contributed by atoms with Crippen molar-refractivity contribution in [2.24, 2.45) is 0 Å². The zero-order valence-corrected chi connectivity index (χ0v) is 21.2. The third kappa shape index (κ3) is 5.76. The lowest BCUT2D eigenvalue weighted by Crippen LogP contribution is -2.35. The molecule has 0 atom stereocenters. The highest BCUT2D eigenvalue weighted by Crippen LogP contribution is 2.38. The first kappa shape index (κ1) is 24.8. The predicted octanol–water partition coefficient (Wildman–Crippen LogP) is 4.89. The number of benzene rings is 2. The third-order valence-corrected chi connectivity index (χ3v) is 6.26. The molecule has 7 nitrogen and oxygen atoms in total. The molecule has 1 heterocycles. The Morgan fingerprint density at radius 3 is 2.30 bits per heavy atom. The maximum atomic E-state index is 13.3. The number of carbonyl (C=O) groups excluding carboxylic acids is 1. The summed E-state index contributed by atoms with van der Waals surface area (Å²) in [6.45, 7) is 3.16. The summed E-state index contributed by atoms with van der Waals surface area (Å²) < 4.78 is 17.1. The number of halogens is 1. The average molecular weight is 490 g/mol. The second kappa shape index (κ2) is 10.9. The molecule has 33 heavy (non-hydrogen) atoms. The average Bonchev–Trinajstić information content (AvgIpc) is 3.20. The normalized spacial score (nSPS) is 11.4. The molecule has 2 aromatic carbocycles. The van der Waals surface area contributed by atoms with Gasteiger partial charge in [-0.3, -0.25) is 9.69 Å². The van der Waals surface area contributed by atoms with Crippen LogP contribution in [0.1, 0.15) is 11.1 Å². The number of fused-ring (bicyclic) bond motifs is 1. The molecular formula is C24H28ClN3O4S. The number of anilines is 1. The number of hydrogen-bond acceptors (Lipinski definition) is 7. The second-order valence-corrected chi connectivity index (χ2v) is 9.10. The summed E-state index contributed by atoms with van der Waals surface area (Å²) in [6, 6.07) is 7.34. The van der Waals surface area contributed by atoms with E-state index in [0.717, 1.165) is 21.3 Å². The van der Waals surface area contributed by atoms with Crippen LogP contribution in [0.2, 0.25) is 5.02 Å². The molecule has 0 N–H and O–H groups in total. The molecule has 0 unspecified atom stereocenters. The van der Waals surface area contributed by atoms with Crippen LogP contribution >= 0.6 is 22.9 Å². The van der Waals surface area contributed by atoms with Crippen molar-refractivity contribution in [2.45, 2.75) is 6.92 Å². The van der Waals surface area contributed by atoms with Gasteiger partial charge in [0.2, 0.25) is 5.75 Å². The fourth-order valence-electron chi connectivity index (χ4n) is 3.31. The molecule has 0 saturated heterocycles. The minimum Gasteiger partial charge on any atom is -0.493 e. The Balaban J connectivity index is 1.95. The summed E-state index contributed by atoms with van der Waals surface area (Å²) in [5.74, 6) is 1.37. The van der Waals surface area contributed by atoms with Crippen molar-refractivity contribution in [1.29, 1.82) is 0 Å². The van der Waals surface area contributed by atoms with Gasteiger partial charge in [0.15, 0.2) is 16.6 Å². The zero-order valence-electron chi connectivity index (χ0n) is 19.6. The van der Waals surface area contributed by atoms with Crippen LogP contribution in [0.3, 0.4) is 0 Å². The number of aromatic nitrogens is 1. The van der Waals surface area contributed by atoms with Gasteiger partial charge in [-0.15, -0.1) is 0 Å². The Morgan fingerprint density at radius 2 is 1.73 bits per heavy atom. The second-order valence-electron chi connectivity index (χ2n) is 7.65. The van der Waals surface area contributed by atoms with Gasteiger partial charge in [-0.05, 0) is 62.5 Å². The lowest BCUT2D eigenvalue weighted by molar-refractivity contribution is -0.114. The van der Waals surface area contributed by atoms with Crippen LogP contribution in [0.15, 0.2) is 30.3 Å². The highest BCUT2D eigenvalue weighted by molar-refractivity contribution is 7.22. The van der Waals surface area contributed by atoms with Gasteiger partial charge in [-0.25, -0.2) is 4.98 Å². The Morgan fingerprint density at radius 1 is 1.06 bits per heavy atom. The predicted molar refractivity (Wildman–Crippen MR) is 135 cm³/mol. The molecule has 3 aromatic rings. The summed E-state index contributed by atoms with van der Waals surface area (Å²) in [5, 5.41) is 1.29. The van der Waals surface area contributed by atoms with E-state index in [0.29, 0.717) is 40.5 Å². The maximum Gasteiger partial charge on any atom is 0.252 e. The van der Waals surface area contributed by atoms with E-state index in [1.165, 1.54) is 17.4 Å². The molecule has 0 radical (unpaired) electrons. The number of carbonyl (C=O) groups is 1. The molecule has 1 amide bonds. The number of aryl methyl sites for hydroxylation is 1. The van der Waals surface area contributed by atoms with Gasteiger partial charge in [-0.1, -0.05) is 22.9 Å². The van der Waals surface area contributed by atoms with E-state index in [1.54, 1.807) is 44.4 Å². The number of likely N-dealkylation sites (N-methyl/N-ethyl adjacent to an activating group) is 1. The van der Waals surface area contributed by atoms with Gasteiger partial charge < -0.3 is 19.1 Å². The van der Waals surface area contributed by atoms with E-state index < -0.39 is 0 Å². The molecular weight excluding hydrogens is 462 g/mol. The van der Waals surface area contributed by atoms with Crippen molar-refractivity contribution < 1.29 is 19.0 Å². The summed E-state index contributed by atoms with van der Waals surface area (Å²) in [6.07, 6.45) is 3.26. The Hall–Kier alpha value is -2.81. The van der Waals surface area contributed by atoms with E-state index in [2.05, 4.69) is 0 Å². The van der Waals surface area contributed by atoms with Gasteiger partial charge in [0.1, 0.15) is 0 Å². The monoisotopic (exact) mass is 489 g/mol. The highest BCUT2D eigenvalue weighted by atomic mass is 35.5. The topological polar surface area (TPSA) is 64.1 Å². The van der Waals surface area contributed by atoms with Crippen LogP contribution < -0.4 is 19.1 Å². The quantitative estimate of drug-likeness (QED) is 0.399. The fourth-order valence-corrected chi connectivity index (χ4v) is 4.77. The Bertz CT molecular complexity index is 1150. The van der Waals surface area contributed by atoms with Crippen molar-refractivity contribution in [3.63, 3.8) is 0 Å². The van der Waals surface area contributed by atoms with Crippen LogP contribution in [0.25, 0.3) is 16.3 Å². The van der Waals surface area contributed by atoms with Gasteiger partial charge in [0, 0.05) is 24.2 Å². The molecule has 0 fully saturated rings. The number of amides is 1. The molecule has 1 aromatic heterocycles. The largest absolute Gasteiger partial charge is 0.493 e. The van der Waals surface area contributed by atoms with Crippen LogP contribution in [0.5, 0.6) is 17.2 Å². The van der Waals surface area contributed by atoms with Crippen molar-refractivity contribution in [2.75, 3.05) is 53.4 Å². The molecule has 0 bridgehead atoms. The van der Waals surface area contributed by atoms with Crippen LogP contribution in [0, 0.1) is 6.92 Å². The molecule has 0 aliphatic heterocycles. The number of methoxy groups -OCH3 is 3. The SMILES string of the molecule is COc1cc(/C=C/C(=O)N(CCN(C)C)c2nc3c(C)cc(Cl)cc3s2)cc(OC)c1OC. The number of thiazole rings is 1. The summed E-state index contributed by atoms with van der Waals surface area (Å²) in [4.78, 5) is 21.7. The fraction of sp³-hybridized carbons (Fsp3) is 0.333. The maximum absolute atomic E-state index is 13.3. The molecule has 9 heteroatoms. The van der Waals surface area contributed by atoms with E-state index >= 15 is 0 Å². The molecule has 0 aliphatic carbocycles. The highest BCUT2D eigenvalue weighted by Gasteiger charge is 2.19. The number of ether oxygens (including phenoxy) is 3. The molecule has 0 saturated carbocycles. The molecule has 3 rings (SSSR count). The molecule has 0 aliphatic rings. The van der Waals surface area contributed by atoms with Gasteiger partial charge in [-0.2, -0.15) is 0 Å². The Kier molecular flexibility index (Phi) is 8.18. The zero-order chi connectivity index (χ0) is 24.1. The smallest absolute Gasteiger partial charge is 0.252 e. The van der Waals surface area contributed by atoms with Crippen LogP contribution in [-0.4, -0.2) is 64.3 Å². The number of rotatable bonds is 9. The van der Waals surface area contributed by atoms with E-state index in [9.17, 15) is 4.79 Å². The minimum atomic E-state index is -0.173. The van der Waals surface area contributed by atoms with Gasteiger partial charge >= 0.3 is 0 Å². The first-order valence-electron chi connectivity index (χ1n) is 10.3. The van der Waals surface area contributed by atoms with Gasteiger partial charge in [0.25, 0.3) is 5.91 Å². The van der Waals surface area contributed by atoms with Crippen molar-refractivity contribution in [3.8, 4) is 17.2 Å². The van der Waals surface area contributed by atoms with Crippen LogP contribution in [-0.2, 0) is 4.79 Å². The third-order valence-electron chi connectivity index (χ3n) is 5.01. The summed E-state index contributed by atoms with van der Waals surface area (Å²) in [7, 11) is 8.60. The minimum absolute atomic E-state index is 0.173. The van der Waals surface area contributed by atoms with E-state index in [-0.39, 0.29) is 5.91 Å².